The van der Waals surface area contributed by atoms with Crippen LogP contribution in [0.25, 0.3) is 0 Å². The minimum absolute atomic E-state index is 0.00237. The molecule has 0 aliphatic heterocycles. The molecule has 1 aromatic rings. The zero-order valence-corrected chi connectivity index (χ0v) is 8.47. The minimum atomic E-state index is -0.471. The van der Waals surface area contributed by atoms with Gasteiger partial charge in [0.1, 0.15) is 12.0 Å². The van der Waals surface area contributed by atoms with Crippen LogP contribution in [0.3, 0.4) is 0 Å². The average Bonchev–Trinajstić information content (AvgIpc) is 2.25. The Bertz CT molecular complexity index is 313. The molecule has 1 aromatic heterocycles. The summed E-state index contributed by atoms with van der Waals surface area (Å²) in [4.78, 5) is 13.8. The number of anilines is 1. The van der Waals surface area contributed by atoms with E-state index in [9.17, 15) is 10.1 Å². The van der Waals surface area contributed by atoms with Crippen molar-refractivity contribution >= 4 is 11.5 Å². The third-order valence-electron chi connectivity index (χ3n) is 1.79. The fourth-order valence-electron chi connectivity index (χ4n) is 1.03. The quantitative estimate of drug-likeness (QED) is 0.437. The molecule has 0 aromatic carbocycles. The van der Waals surface area contributed by atoms with Gasteiger partial charge in [-0.1, -0.05) is 0 Å². The van der Waals surface area contributed by atoms with Gasteiger partial charge in [-0.2, -0.15) is 0 Å². The second kappa shape index (κ2) is 5.92. The first-order valence-electron chi connectivity index (χ1n) is 4.57. The molecule has 1 rings (SSSR count). The van der Waals surface area contributed by atoms with Crippen molar-refractivity contribution < 1.29 is 9.66 Å². The number of rotatable bonds is 6. The number of methoxy groups -OCH3 is 1. The Balaban J connectivity index is 2.39. The van der Waals surface area contributed by atoms with Crippen LogP contribution in [0.4, 0.5) is 11.5 Å². The van der Waals surface area contributed by atoms with Gasteiger partial charge in [0.25, 0.3) is 5.69 Å². The van der Waals surface area contributed by atoms with Gasteiger partial charge in [0.2, 0.25) is 0 Å². The van der Waals surface area contributed by atoms with Gasteiger partial charge in [0, 0.05) is 26.3 Å². The summed E-state index contributed by atoms with van der Waals surface area (Å²) in [7, 11) is 1.64. The molecule has 1 heterocycles. The summed E-state index contributed by atoms with van der Waals surface area (Å²) in [6, 6.07) is 3.01. The molecule has 15 heavy (non-hydrogen) atoms. The molecule has 0 amide bonds. The summed E-state index contributed by atoms with van der Waals surface area (Å²) in [6.45, 7) is 1.42. The van der Waals surface area contributed by atoms with Crippen LogP contribution in [-0.2, 0) is 4.74 Å². The lowest BCUT2D eigenvalue weighted by Crippen LogP contribution is -2.05. The zero-order chi connectivity index (χ0) is 11.1. The SMILES string of the molecule is COCCCNc1ccc([N+](=O)[O-])cn1. The second-order valence-corrected chi connectivity index (χ2v) is 2.93. The molecule has 0 aliphatic carbocycles. The van der Waals surface area contributed by atoms with E-state index in [-0.39, 0.29) is 5.69 Å². The molecule has 6 nitrogen and oxygen atoms in total. The normalized spacial score (nSPS) is 9.93. The fourth-order valence-corrected chi connectivity index (χ4v) is 1.03. The summed E-state index contributed by atoms with van der Waals surface area (Å²) >= 11 is 0. The van der Waals surface area contributed by atoms with Crippen molar-refractivity contribution in [3.8, 4) is 0 Å². The first kappa shape index (κ1) is 11.4. The van der Waals surface area contributed by atoms with E-state index in [2.05, 4.69) is 10.3 Å². The maximum absolute atomic E-state index is 10.3. The molecule has 82 valence electrons. The lowest BCUT2D eigenvalue weighted by atomic mass is 10.4. The highest BCUT2D eigenvalue weighted by Crippen LogP contribution is 2.11. The van der Waals surface area contributed by atoms with Crippen LogP contribution in [0, 0.1) is 10.1 Å². The molecule has 0 fully saturated rings. The van der Waals surface area contributed by atoms with E-state index in [1.54, 1.807) is 13.2 Å². The van der Waals surface area contributed by atoms with Crippen molar-refractivity contribution in [3.63, 3.8) is 0 Å². The smallest absolute Gasteiger partial charge is 0.287 e. The molecular weight excluding hydrogens is 198 g/mol. The van der Waals surface area contributed by atoms with Crippen molar-refractivity contribution in [2.45, 2.75) is 6.42 Å². The van der Waals surface area contributed by atoms with Crippen LogP contribution in [-0.4, -0.2) is 30.2 Å². The van der Waals surface area contributed by atoms with E-state index in [1.807, 2.05) is 0 Å². The van der Waals surface area contributed by atoms with Gasteiger partial charge >= 0.3 is 0 Å². The molecule has 6 heteroatoms. The highest BCUT2D eigenvalue weighted by Gasteiger charge is 2.04. The number of pyridine rings is 1. The Hall–Kier alpha value is -1.69. The number of nitro groups is 1. The van der Waals surface area contributed by atoms with Gasteiger partial charge in [-0.05, 0) is 12.5 Å². The van der Waals surface area contributed by atoms with E-state index >= 15 is 0 Å². The van der Waals surface area contributed by atoms with Gasteiger partial charge < -0.3 is 10.1 Å². The van der Waals surface area contributed by atoms with Crippen molar-refractivity contribution in [1.82, 2.24) is 4.98 Å². The first-order chi connectivity index (χ1) is 7.24. The van der Waals surface area contributed by atoms with Crippen LogP contribution in [0.1, 0.15) is 6.42 Å². The number of ether oxygens (including phenoxy) is 1. The lowest BCUT2D eigenvalue weighted by molar-refractivity contribution is -0.385. The van der Waals surface area contributed by atoms with Crippen LogP contribution in [0.2, 0.25) is 0 Å². The van der Waals surface area contributed by atoms with Gasteiger partial charge in [0.15, 0.2) is 0 Å². The monoisotopic (exact) mass is 211 g/mol. The minimum Gasteiger partial charge on any atom is -0.385 e. The summed E-state index contributed by atoms with van der Waals surface area (Å²) < 4.78 is 4.88. The Morgan fingerprint density at radius 3 is 2.93 bits per heavy atom. The molecular formula is C9H13N3O3. The second-order valence-electron chi connectivity index (χ2n) is 2.93. The van der Waals surface area contributed by atoms with Crippen molar-refractivity contribution in [2.24, 2.45) is 0 Å². The highest BCUT2D eigenvalue weighted by molar-refractivity contribution is 5.39. The Morgan fingerprint density at radius 1 is 1.60 bits per heavy atom. The predicted octanol–water partition coefficient (Wildman–Crippen LogP) is 1.44. The van der Waals surface area contributed by atoms with E-state index in [4.69, 9.17) is 4.74 Å². The van der Waals surface area contributed by atoms with Crippen molar-refractivity contribution in [2.75, 3.05) is 25.6 Å². The fraction of sp³-hybridized carbons (Fsp3) is 0.444. The molecule has 0 aliphatic rings. The number of hydrogen-bond donors (Lipinski definition) is 1. The van der Waals surface area contributed by atoms with Crippen molar-refractivity contribution in [3.05, 3.63) is 28.4 Å². The highest BCUT2D eigenvalue weighted by atomic mass is 16.6. The van der Waals surface area contributed by atoms with E-state index in [0.717, 1.165) is 13.0 Å². The molecule has 0 atom stereocenters. The number of nitrogens with zero attached hydrogens (tertiary/aromatic N) is 2. The van der Waals surface area contributed by atoms with E-state index < -0.39 is 4.92 Å². The molecule has 0 spiro atoms. The number of aromatic nitrogens is 1. The maximum Gasteiger partial charge on any atom is 0.287 e. The zero-order valence-electron chi connectivity index (χ0n) is 8.47. The van der Waals surface area contributed by atoms with Crippen LogP contribution in [0.15, 0.2) is 18.3 Å². The Labute approximate surface area is 87.4 Å². The number of nitrogens with one attached hydrogen (secondary N) is 1. The van der Waals surface area contributed by atoms with Gasteiger partial charge in [-0.25, -0.2) is 4.98 Å². The van der Waals surface area contributed by atoms with E-state index in [1.165, 1.54) is 12.3 Å². The predicted molar refractivity (Wildman–Crippen MR) is 55.9 cm³/mol. The summed E-state index contributed by atoms with van der Waals surface area (Å²) in [5.41, 5.74) is -0.00237. The third kappa shape index (κ3) is 3.90. The van der Waals surface area contributed by atoms with E-state index in [0.29, 0.717) is 12.4 Å². The standard InChI is InChI=1S/C9H13N3O3/c1-15-6-2-5-10-9-4-3-8(7-11-9)12(13)14/h3-4,7H,2,5-6H2,1H3,(H,10,11). The third-order valence-corrected chi connectivity index (χ3v) is 1.79. The topological polar surface area (TPSA) is 77.3 Å². The van der Waals surface area contributed by atoms with Crippen LogP contribution in [0.5, 0.6) is 0 Å². The molecule has 1 N–H and O–H groups in total. The molecule has 0 bridgehead atoms. The Kier molecular flexibility index (Phi) is 4.49. The summed E-state index contributed by atoms with van der Waals surface area (Å²) in [5, 5.41) is 13.4. The lowest BCUT2D eigenvalue weighted by Gasteiger charge is -2.03. The number of hydrogen-bond acceptors (Lipinski definition) is 5. The van der Waals surface area contributed by atoms with Crippen LogP contribution >= 0.6 is 0 Å². The molecule has 0 saturated heterocycles. The Morgan fingerprint density at radius 2 is 2.40 bits per heavy atom. The van der Waals surface area contributed by atoms with Gasteiger partial charge in [-0.3, -0.25) is 10.1 Å². The van der Waals surface area contributed by atoms with Crippen LogP contribution < -0.4 is 5.32 Å². The maximum atomic E-state index is 10.3. The summed E-state index contributed by atoms with van der Waals surface area (Å²) in [5.74, 6) is 0.636. The van der Waals surface area contributed by atoms with Crippen molar-refractivity contribution in [1.29, 1.82) is 0 Å². The van der Waals surface area contributed by atoms with Gasteiger partial charge in [0.05, 0.1) is 4.92 Å². The summed E-state index contributed by atoms with van der Waals surface area (Å²) in [6.07, 6.45) is 2.10. The largest absolute Gasteiger partial charge is 0.385 e. The average molecular weight is 211 g/mol. The molecule has 0 unspecified atom stereocenters. The first-order valence-corrected chi connectivity index (χ1v) is 4.57. The van der Waals surface area contributed by atoms with Gasteiger partial charge in [-0.15, -0.1) is 0 Å². The molecule has 0 radical (unpaired) electrons. The molecule has 0 saturated carbocycles.